The molecule has 0 aromatic heterocycles. The second-order valence-corrected chi connectivity index (χ2v) is 5.61. The summed E-state index contributed by atoms with van der Waals surface area (Å²) in [6, 6.07) is 0. The van der Waals surface area contributed by atoms with Crippen LogP contribution in [0, 0.1) is 5.92 Å². The fraction of sp³-hybridized carbons (Fsp3) is 0.882. The summed E-state index contributed by atoms with van der Waals surface area (Å²) >= 11 is 0. The van der Waals surface area contributed by atoms with E-state index in [1.54, 1.807) is 6.92 Å². The lowest BCUT2D eigenvalue weighted by Crippen LogP contribution is -2.20. The van der Waals surface area contributed by atoms with Crippen LogP contribution in [-0.2, 0) is 19.1 Å². The second-order valence-electron chi connectivity index (χ2n) is 5.61. The molecular weight excluding hydrogens is 268 g/mol. The Morgan fingerprint density at radius 1 is 0.810 bits per heavy atom. The van der Waals surface area contributed by atoms with Crippen molar-refractivity contribution in [3.05, 3.63) is 0 Å². The highest BCUT2D eigenvalue weighted by atomic mass is 16.5. The number of carbonyl (C=O) groups excluding carboxylic acids is 2. The Morgan fingerprint density at radius 3 is 1.86 bits per heavy atom. The van der Waals surface area contributed by atoms with Crippen molar-refractivity contribution in [3.63, 3.8) is 0 Å². The van der Waals surface area contributed by atoms with Crippen molar-refractivity contribution in [1.82, 2.24) is 0 Å². The monoisotopic (exact) mass is 300 g/mol. The molecule has 0 saturated heterocycles. The van der Waals surface area contributed by atoms with Crippen molar-refractivity contribution >= 4 is 11.9 Å². The molecule has 0 unspecified atom stereocenters. The summed E-state index contributed by atoms with van der Waals surface area (Å²) in [4.78, 5) is 23.3. The fourth-order valence-electron chi connectivity index (χ4n) is 1.95. The molecule has 0 N–H and O–H groups in total. The molecule has 4 nitrogen and oxygen atoms in total. The summed E-state index contributed by atoms with van der Waals surface area (Å²) in [6.45, 7) is 6.91. The SMILES string of the molecule is CCCCCCOC(=O)C[C@@H](C)C(=O)OCCCCCC. The van der Waals surface area contributed by atoms with Crippen LogP contribution >= 0.6 is 0 Å². The molecule has 0 heterocycles. The van der Waals surface area contributed by atoms with Gasteiger partial charge in [-0.3, -0.25) is 9.59 Å². The third-order valence-electron chi connectivity index (χ3n) is 3.38. The van der Waals surface area contributed by atoms with Crippen LogP contribution in [0.1, 0.15) is 78.6 Å². The first-order chi connectivity index (χ1) is 10.1. The fourth-order valence-corrected chi connectivity index (χ4v) is 1.95. The van der Waals surface area contributed by atoms with Crippen LogP contribution in [0.15, 0.2) is 0 Å². The van der Waals surface area contributed by atoms with E-state index in [1.165, 1.54) is 0 Å². The maximum atomic E-state index is 11.7. The number of carbonyl (C=O) groups is 2. The van der Waals surface area contributed by atoms with E-state index in [1.807, 2.05) is 0 Å². The number of unbranched alkanes of at least 4 members (excludes halogenated alkanes) is 6. The van der Waals surface area contributed by atoms with Crippen LogP contribution in [0.25, 0.3) is 0 Å². The molecule has 4 heteroatoms. The number of esters is 2. The van der Waals surface area contributed by atoms with Gasteiger partial charge in [0.15, 0.2) is 0 Å². The van der Waals surface area contributed by atoms with Crippen molar-refractivity contribution in [2.45, 2.75) is 78.6 Å². The van der Waals surface area contributed by atoms with E-state index in [2.05, 4.69) is 13.8 Å². The average Bonchev–Trinajstić information content (AvgIpc) is 2.46. The van der Waals surface area contributed by atoms with Crippen LogP contribution in [0.5, 0.6) is 0 Å². The second kappa shape index (κ2) is 13.9. The molecule has 0 aliphatic carbocycles. The number of rotatable bonds is 13. The van der Waals surface area contributed by atoms with Crippen molar-refractivity contribution in [2.24, 2.45) is 5.92 Å². The summed E-state index contributed by atoms with van der Waals surface area (Å²) < 4.78 is 10.3. The van der Waals surface area contributed by atoms with Crippen molar-refractivity contribution in [1.29, 1.82) is 0 Å². The highest BCUT2D eigenvalue weighted by Crippen LogP contribution is 2.08. The van der Waals surface area contributed by atoms with E-state index < -0.39 is 5.92 Å². The lowest BCUT2D eigenvalue weighted by molar-refractivity contribution is -0.154. The minimum atomic E-state index is -0.417. The normalized spacial score (nSPS) is 12.0. The third-order valence-corrected chi connectivity index (χ3v) is 3.38. The number of hydrogen-bond acceptors (Lipinski definition) is 4. The van der Waals surface area contributed by atoms with Gasteiger partial charge in [-0.05, 0) is 12.8 Å². The summed E-state index contributed by atoms with van der Waals surface area (Å²) in [6.07, 6.45) is 8.72. The first-order valence-corrected chi connectivity index (χ1v) is 8.44. The highest BCUT2D eigenvalue weighted by Gasteiger charge is 2.19. The number of ether oxygens (including phenoxy) is 2. The molecule has 0 aromatic rings. The van der Waals surface area contributed by atoms with Gasteiger partial charge in [0.25, 0.3) is 0 Å². The molecule has 0 rings (SSSR count). The summed E-state index contributed by atoms with van der Waals surface area (Å²) in [7, 11) is 0. The topological polar surface area (TPSA) is 52.6 Å². The zero-order chi connectivity index (χ0) is 15.9. The van der Waals surface area contributed by atoms with E-state index in [4.69, 9.17) is 9.47 Å². The Hall–Kier alpha value is -1.06. The summed E-state index contributed by atoms with van der Waals surface area (Å²) in [5.41, 5.74) is 0. The first kappa shape index (κ1) is 19.9. The lowest BCUT2D eigenvalue weighted by Gasteiger charge is -2.11. The molecule has 1 atom stereocenters. The zero-order valence-electron chi connectivity index (χ0n) is 14.0. The van der Waals surface area contributed by atoms with Gasteiger partial charge in [0.2, 0.25) is 0 Å². The predicted molar refractivity (Wildman–Crippen MR) is 84.0 cm³/mol. The van der Waals surface area contributed by atoms with Gasteiger partial charge in [0.1, 0.15) is 0 Å². The highest BCUT2D eigenvalue weighted by molar-refractivity contribution is 5.79. The first-order valence-electron chi connectivity index (χ1n) is 8.44. The molecule has 0 amide bonds. The number of hydrogen-bond donors (Lipinski definition) is 0. The predicted octanol–water partition coefficient (Wildman–Crippen LogP) is 4.26. The van der Waals surface area contributed by atoms with Crippen LogP contribution in [0.3, 0.4) is 0 Å². The van der Waals surface area contributed by atoms with Crippen molar-refractivity contribution < 1.29 is 19.1 Å². The van der Waals surface area contributed by atoms with Gasteiger partial charge in [0.05, 0.1) is 25.6 Å². The van der Waals surface area contributed by atoms with E-state index in [0.29, 0.717) is 13.2 Å². The minimum absolute atomic E-state index is 0.113. The molecule has 0 aromatic carbocycles. The maximum Gasteiger partial charge on any atom is 0.309 e. The van der Waals surface area contributed by atoms with E-state index >= 15 is 0 Å². The van der Waals surface area contributed by atoms with Gasteiger partial charge >= 0.3 is 11.9 Å². The molecular formula is C17H32O4. The summed E-state index contributed by atoms with van der Waals surface area (Å²) in [5.74, 6) is -1.02. The molecule has 0 radical (unpaired) electrons. The molecule has 0 aliphatic heterocycles. The maximum absolute atomic E-state index is 11.7. The standard InChI is InChI=1S/C17H32O4/c1-4-6-8-10-12-20-16(18)14-15(3)17(19)21-13-11-9-7-5-2/h15H,4-14H2,1-3H3/t15-/m1/s1. The molecule has 124 valence electrons. The smallest absolute Gasteiger partial charge is 0.309 e. The van der Waals surface area contributed by atoms with Crippen molar-refractivity contribution in [3.8, 4) is 0 Å². The van der Waals surface area contributed by atoms with E-state index in [-0.39, 0.29) is 18.4 Å². The quantitative estimate of drug-likeness (QED) is 0.377. The van der Waals surface area contributed by atoms with Gasteiger partial charge in [-0.1, -0.05) is 59.3 Å². The zero-order valence-corrected chi connectivity index (χ0v) is 14.0. The van der Waals surface area contributed by atoms with Gasteiger partial charge in [-0.15, -0.1) is 0 Å². The van der Waals surface area contributed by atoms with Gasteiger partial charge in [-0.25, -0.2) is 0 Å². The van der Waals surface area contributed by atoms with E-state index in [0.717, 1.165) is 51.4 Å². The molecule has 0 bridgehead atoms. The lowest BCUT2D eigenvalue weighted by atomic mass is 10.1. The Labute approximate surface area is 129 Å². The van der Waals surface area contributed by atoms with Crippen LogP contribution in [-0.4, -0.2) is 25.2 Å². The van der Waals surface area contributed by atoms with Crippen LogP contribution in [0.4, 0.5) is 0 Å². The molecule has 21 heavy (non-hydrogen) atoms. The molecule has 0 spiro atoms. The van der Waals surface area contributed by atoms with E-state index in [9.17, 15) is 9.59 Å². The van der Waals surface area contributed by atoms with Crippen LogP contribution < -0.4 is 0 Å². The third kappa shape index (κ3) is 12.4. The van der Waals surface area contributed by atoms with Gasteiger partial charge in [-0.2, -0.15) is 0 Å². The Kier molecular flexibility index (Phi) is 13.2. The largest absolute Gasteiger partial charge is 0.466 e. The Morgan fingerprint density at radius 2 is 1.33 bits per heavy atom. The van der Waals surface area contributed by atoms with Crippen LogP contribution in [0.2, 0.25) is 0 Å². The average molecular weight is 300 g/mol. The minimum Gasteiger partial charge on any atom is -0.466 e. The Balaban J connectivity index is 3.62. The molecule has 0 saturated carbocycles. The molecule has 0 aliphatic rings. The molecule has 0 fully saturated rings. The van der Waals surface area contributed by atoms with Gasteiger partial charge in [0, 0.05) is 0 Å². The van der Waals surface area contributed by atoms with Crippen molar-refractivity contribution in [2.75, 3.05) is 13.2 Å². The Bertz CT molecular complexity index is 276. The summed E-state index contributed by atoms with van der Waals surface area (Å²) in [5, 5.41) is 0. The van der Waals surface area contributed by atoms with Gasteiger partial charge < -0.3 is 9.47 Å².